The van der Waals surface area contributed by atoms with Gasteiger partial charge in [-0.2, -0.15) is 0 Å². The van der Waals surface area contributed by atoms with Gasteiger partial charge in [0.05, 0.1) is 11.2 Å². The predicted octanol–water partition coefficient (Wildman–Crippen LogP) is 3.60. The fourth-order valence-electron chi connectivity index (χ4n) is 2.42. The number of ketones is 1. The maximum atomic E-state index is 12.4. The summed E-state index contributed by atoms with van der Waals surface area (Å²) in [5, 5.41) is 0. The summed E-state index contributed by atoms with van der Waals surface area (Å²) >= 11 is 0. The van der Waals surface area contributed by atoms with Gasteiger partial charge >= 0.3 is 7.12 Å². The molecule has 1 heterocycles. The minimum Gasteiger partial charge on any atom is -0.399 e. The quantitative estimate of drug-likeness (QED) is 0.632. The molecule has 0 aromatic heterocycles. The van der Waals surface area contributed by atoms with Crippen LogP contribution in [0.3, 0.4) is 0 Å². The first-order chi connectivity index (χ1) is 9.91. The lowest BCUT2D eigenvalue weighted by Crippen LogP contribution is -2.41. The van der Waals surface area contributed by atoms with Crippen molar-refractivity contribution < 1.29 is 14.1 Å². The minimum atomic E-state index is -0.424. The first-order valence-electron chi connectivity index (χ1n) is 7.90. The summed E-state index contributed by atoms with van der Waals surface area (Å²) < 4.78 is 12.1. The van der Waals surface area contributed by atoms with Crippen LogP contribution in [0.5, 0.6) is 0 Å². The average molecular weight is 302 g/mol. The van der Waals surface area contributed by atoms with Gasteiger partial charge in [0.1, 0.15) is 0 Å². The Balaban J connectivity index is 2.22. The van der Waals surface area contributed by atoms with Gasteiger partial charge in [-0.1, -0.05) is 45.0 Å². The van der Waals surface area contributed by atoms with E-state index >= 15 is 0 Å². The van der Waals surface area contributed by atoms with Crippen molar-refractivity contribution in [1.29, 1.82) is 0 Å². The van der Waals surface area contributed by atoms with Crippen LogP contribution in [0.15, 0.2) is 24.3 Å². The van der Waals surface area contributed by atoms with Gasteiger partial charge < -0.3 is 9.31 Å². The van der Waals surface area contributed by atoms with Gasteiger partial charge in [0.2, 0.25) is 0 Å². The highest BCUT2D eigenvalue weighted by Crippen LogP contribution is 2.36. The number of carbonyl (C=O) groups is 1. The predicted molar refractivity (Wildman–Crippen MR) is 90.6 cm³/mol. The summed E-state index contributed by atoms with van der Waals surface area (Å²) in [6.07, 6.45) is 0.528. The number of rotatable bonds is 3. The van der Waals surface area contributed by atoms with E-state index in [1.54, 1.807) is 0 Å². The van der Waals surface area contributed by atoms with Crippen LogP contribution in [0.1, 0.15) is 65.2 Å². The molecular formula is C18H27BO3. The van der Waals surface area contributed by atoms with E-state index in [9.17, 15) is 4.79 Å². The third kappa shape index (κ3) is 3.61. The molecule has 1 aliphatic rings. The largest absolute Gasteiger partial charge is 0.494 e. The monoisotopic (exact) mass is 302 g/mol. The second-order valence-corrected chi connectivity index (χ2v) is 8.37. The van der Waals surface area contributed by atoms with Crippen molar-refractivity contribution in [3.05, 3.63) is 29.8 Å². The SMILES string of the molecule is CC(C)(C)CC(=O)c1cccc(B2OC(C)(C)C(C)(C)O2)c1. The van der Waals surface area contributed by atoms with E-state index in [1.807, 2.05) is 52.0 Å². The number of hydrogen-bond donors (Lipinski definition) is 0. The zero-order chi connectivity index (χ0) is 16.8. The first-order valence-corrected chi connectivity index (χ1v) is 7.90. The van der Waals surface area contributed by atoms with Gasteiger partial charge in [-0.25, -0.2) is 0 Å². The lowest BCUT2D eigenvalue weighted by atomic mass is 9.77. The topological polar surface area (TPSA) is 35.5 Å². The van der Waals surface area contributed by atoms with E-state index in [1.165, 1.54) is 0 Å². The lowest BCUT2D eigenvalue weighted by molar-refractivity contribution is 0.00578. The highest BCUT2D eigenvalue weighted by atomic mass is 16.7. The summed E-state index contributed by atoms with van der Waals surface area (Å²) in [5.74, 6) is 0.158. The van der Waals surface area contributed by atoms with Crippen LogP contribution >= 0.6 is 0 Å². The Morgan fingerprint density at radius 3 is 2.14 bits per heavy atom. The molecule has 0 spiro atoms. The van der Waals surface area contributed by atoms with Gasteiger partial charge in [-0.3, -0.25) is 4.79 Å². The number of benzene rings is 1. The molecular weight excluding hydrogens is 275 g/mol. The molecule has 22 heavy (non-hydrogen) atoms. The average Bonchev–Trinajstić information content (AvgIpc) is 2.57. The maximum absolute atomic E-state index is 12.4. The van der Waals surface area contributed by atoms with Gasteiger partial charge in [-0.15, -0.1) is 0 Å². The summed E-state index contributed by atoms with van der Waals surface area (Å²) in [4.78, 5) is 12.4. The Kier molecular flexibility index (Phi) is 4.31. The molecule has 0 N–H and O–H groups in total. The molecule has 3 nitrogen and oxygen atoms in total. The molecule has 0 atom stereocenters. The summed E-state index contributed by atoms with van der Waals surface area (Å²) in [7, 11) is -0.424. The summed E-state index contributed by atoms with van der Waals surface area (Å²) in [5.41, 5.74) is 0.865. The van der Waals surface area contributed by atoms with Crippen molar-refractivity contribution in [2.75, 3.05) is 0 Å². The molecule has 0 bridgehead atoms. The summed E-state index contributed by atoms with van der Waals surface area (Å²) in [6.45, 7) is 14.3. The minimum absolute atomic E-state index is 0.0164. The van der Waals surface area contributed by atoms with Gasteiger partial charge in [-0.05, 0) is 38.6 Å². The molecule has 120 valence electrons. The molecule has 4 heteroatoms. The Morgan fingerprint density at radius 1 is 1.09 bits per heavy atom. The van der Waals surface area contributed by atoms with Gasteiger partial charge in [0.15, 0.2) is 5.78 Å². The van der Waals surface area contributed by atoms with E-state index in [2.05, 4.69) is 20.8 Å². The van der Waals surface area contributed by atoms with Crippen molar-refractivity contribution in [2.24, 2.45) is 5.41 Å². The second kappa shape index (κ2) is 5.50. The van der Waals surface area contributed by atoms with Crippen molar-refractivity contribution in [1.82, 2.24) is 0 Å². The van der Waals surface area contributed by atoms with Crippen LogP contribution in [0.4, 0.5) is 0 Å². The van der Waals surface area contributed by atoms with E-state index in [0.29, 0.717) is 6.42 Å². The molecule has 0 amide bonds. The summed E-state index contributed by atoms with van der Waals surface area (Å²) in [6, 6.07) is 7.62. The zero-order valence-corrected chi connectivity index (χ0v) is 14.8. The van der Waals surface area contributed by atoms with Crippen LogP contribution in [0.25, 0.3) is 0 Å². The Morgan fingerprint density at radius 2 is 1.64 bits per heavy atom. The van der Waals surface area contributed by atoms with Crippen molar-refractivity contribution in [3.8, 4) is 0 Å². The Labute approximate surface area is 134 Å². The molecule has 1 aliphatic heterocycles. The second-order valence-electron chi connectivity index (χ2n) is 8.37. The fourth-order valence-corrected chi connectivity index (χ4v) is 2.42. The van der Waals surface area contributed by atoms with Crippen molar-refractivity contribution >= 4 is 18.4 Å². The Hall–Kier alpha value is -1.13. The highest BCUT2D eigenvalue weighted by molar-refractivity contribution is 6.62. The fraction of sp³-hybridized carbons (Fsp3) is 0.611. The number of hydrogen-bond acceptors (Lipinski definition) is 3. The van der Waals surface area contributed by atoms with E-state index in [0.717, 1.165) is 11.0 Å². The Bertz CT molecular complexity index is 554. The molecule has 2 rings (SSSR count). The highest BCUT2D eigenvalue weighted by Gasteiger charge is 2.51. The lowest BCUT2D eigenvalue weighted by Gasteiger charge is -2.32. The zero-order valence-electron chi connectivity index (χ0n) is 14.8. The van der Waals surface area contributed by atoms with Crippen LogP contribution in [0, 0.1) is 5.41 Å². The molecule has 1 saturated heterocycles. The number of carbonyl (C=O) groups excluding carboxylic acids is 1. The number of Topliss-reactive ketones (excluding diaryl/α,β-unsaturated/α-hetero) is 1. The molecule has 0 radical (unpaired) electrons. The van der Waals surface area contributed by atoms with E-state index in [-0.39, 0.29) is 22.4 Å². The first kappa shape index (κ1) is 17.2. The molecule has 0 unspecified atom stereocenters. The smallest absolute Gasteiger partial charge is 0.399 e. The van der Waals surface area contributed by atoms with Crippen LogP contribution in [0.2, 0.25) is 0 Å². The third-order valence-electron chi connectivity index (χ3n) is 4.42. The van der Waals surface area contributed by atoms with E-state index in [4.69, 9.17) is 9.31 Å². The van der Waals surface area contributed by atoms with E-state index < -0.39 is 7.12 Å². The van der Waals surface area contributed by atoms with Crippen LogP contribution in [-0.4, -0.2) is 24.1 Å². The maximum Gasteiger partial charge on any atom is 0.494 e. The normalized spacial score (nSPS) is 20.2. The standard InChI is InChI=1S/C18H27BO3/c1-16(2,3)12-15(20)13-9-8-10-14(11-13)19-21-17(4,5)18(6,7)22-19/h8-11H,12H2,1-7H3. The molecule has 0 aliphatic carbocycles. The molecule has 1 fully saturated rings. The van der Waals surface area contributed by atoms with Gasteiger partial charge in [0, 0.05) is 12.0 Å². The van der Waals surface area contributed by atoms with Crippen molar-refractivity contribution in [2.45, 2.75) is 66.1 Å². The molecule has 1 aromatic carbocycles. The van der Waals surface area contributed by atoms with Gasteiger partial charge in [0.25, 0.3) is 0 Å². The van der Waals surface area contributed by atoms with Crippen molar-refractivity contribution in [3.63, 3.8) is 0 Å². The third-order valence-corrected chi connectivity index (χ3v) is 4.42. The van der Waals surface area contributed by atoms with Crippen LogP contribution < -0.4 is 5.46 Å². The molecule has 1 aromatic rings. The van der Waals surface area contributed by atoms with Crippen LogP contribution in [-0.2, 0) is 9.31 Å². The molecule has 0 saturated carbocycles.